The molecular formula is C22H20F4N2O3. The second-order valence-electron chi connectivity index (χ2n) is 7.32. The number of piperidine rings is 1. The first-order chi connectivity index (χ1) is 14.8. The van der Waals surface area contributed by atoms with Crippen molar-refractivity contribution in [2.45, 2.75) is 24.8 Å². The van der Waals surface area contributed by atoms with Crippen LogP contribution in [-0.4, -0.2) is 44.0 Å². The van der Waals surface area contributed by atoms with Gasteiger partial charge < -0.3 is 19.8 Å². The van der Waals surface area contributed by atoms with E-state index < -0.39 is 30.9 Å². The second-order valence-corrected chi connectivity index (χ2v) is 7.32. The smallest absolute Gasteiger partial charge is 0.422 e. The van der Waals surface area contributed by atoms with Gasteiger partial charge in [-0.05, 0) is 25.1 Å². The third kappa shape index (κ3) is 4.82. The fraction of sp³-hybridized carbons (Fsp3) is 0.318. The van der Waals surface area contributed by atoms with E-state index in [1.807, 2.05) is 0 Å². The number of carbonyl (C=O) groups is 1. The van der Waals surface area contributed by atoms with Crippen molar-refractivity contribution in [3.63, 3.8) is 0 Å². The fourth-order valence-corrected chi connectivity index (χ4v) is 3.57. The average molecular weight is 436 g/mol. The van der Waals surface area contributed by atoms with E-state index in [-0.39, 0.29) is 11.5 Å². The molecule has 164 valence electrons. The predicted molar refractivity (Wildman–Crippen MR) is 107 cm³/mol. The highest BCUT2D eigenvalue weighted by atomic mass is 19.4. The number of ether oxygens (including phenoxy) is 1. The summed E-state index contributed by atoms with van der Waals surface area (Å²) in [7, 11) is 0. The third-order valence-corrected chi connectivity index (χ3v) is 5.05. The van der Waals surface area contributed by atoms with Crippen molar-refractivity contribution in [1.29, 1.82) is 0 Å². The molecule has 1 aliphatic rings. The highest BCUT2D eigenvalue weighted by molar-refractivity contribution is 6.00. The van der Waals surface area contributed by atoms with Gasteiger partial charge in [-0.15, -0.1) is 0 Å². The molecule has 1 aromatic heterocycles. The zero-order valence-corrected chi connectivity index (χ0v) is 16.3. The molecule has 2 heterocycles. The summed E-state index contributed by atoms with van der Waals surface area (Å²) < 4.78 is 62.6. The van der Waals surface area contributed by atoms with Crippen LogP contribution in [0.2, 0.25) is 0 Å². The number of halogens is 4. The molecule has 3 aromatic rings. The van der Waals surface area contributed by atoms with Gasteiger partial charge in [0.25, 0.3) is 5.91 Å². The van der Waals surface area contributed by atoms with Crippen LogP contribution in [-0.2, 0) is 0 Å². The van der Waals surface area contributed by atoms with Crippen molar-refractivity contribution in [1.82, 2.24) is 10.6 Å². The highest BCUT2D eigenvalue weighted by Crippen LogP contribution is 2.37. The van der Waals surface area contributed by atoms with E-state index in [0.717, 1.165) is 0 Å². The van der Waals surface area contributed by atoms with Gasteiger partial charge in [0.2, 0.25) is 0 Å². The lowest BCUT2D eigenvalue weighted by Crippen LogP contribution is -2.52. The topological polar surface area (TPSA) is 63.5 Å². The molecule has 2 aromatic carbocycles. The van der Waals surface area contributed by atoms with Gasteiger partial charge in [-0.3, -0.25) is 4.79 Å². The van der Waals surface area contributed by atoms with E-state index >= 15 is 0 Å². The van der Waals surface area contributed by atoms with Crippen molar-refractivity contribution in [3.05, 3.63) is 54.3 Å². The van der Waals surface area contributed by atoms with Gasteiger partial charge in [-0.2, -0.15) is 13.2 Å². The molecule has 0 aliphatic carbocycles. The van der Waals surface area contributed by atoms with Crippen molar-refractivity contribution in [2.75, 3.05) is 19.7 Å². The van der Waals surface area contributed by atoms with Crippen molar-refractivity contribution >= 4 is 16.9 Å². The van der Waals surface area contributed by atoms with E-state index in [9.17, 15) is 22.4 Å². The first-order valence-electron chi connectivity index (χ1n) is 9.79. The lowest BCUT2D eigenvalue weighted by molar-refractivity contribution is -0.153. The lowest BCUT2D eigenvalue weighted by Gasteiger charge is -2.27. The molecule has 4 rings (SSSR count). The van der Waals surface area contributed by atoms with Gasteiger partial charge in [-0.1, -0.05) is 36.4 Å². The van der Waals surface area contributed by atoms with E-state index in [1.54, 1.807) is 36.4 Å². The molecule has 2 unspecified atom stereocenters. The normalized spacial score (nSPS) is 19.4. The summed E-state index contributed by atoms with van der Waals surface area (Å²) in [5.74, 6) is -0.516. The van der Waals surface area contributed by atoms with Crippen LogP contribution < -0.4 is 15.4 Å². The summed E-state index contributed by atoms with van der Waals surface area (Å²) in [6.45, 7) is -0.550. The minimum Gasteiger partial charge on any atom is -0.483 e. The highest BCUT2D eigenvalue weighted by Gasteiger charge is 2.30. The summed E-state index contributed by atoms with van der Waals surface area (Å²) in [6.07, 6.45) is -5.32. The van der Waals surface area contributed by atoms with Gasteiger partial charge in [0.15, 0.2) is 12.4 Å². The van der Waals surface area contributed by atoms with Crippen molar-refractivity contribution in [3.8, 4) is 16.9 Å². The number of hydrogen-bond acceptors (Lipinski definition) is 4. The Morgan fingerprint density at radius 2 is 1.94 bits per heavy atom. The number of hydrogen-bond donors (Lipinski definition) is 2. The Balaban J connectivity index is 1.64. The van der Waals surface area contributed by atoms with Crippen LogP contribution in [0.15, 0.2) is 52.9 Å². The lowest BCUT2D eigenvalue weighted by atomic mass is 10.0. The summed E-state index contributed by atoms with van der Waals surface area (Å²) in [6, 6.07) is 12.3. The molecule has 2 N–H and O–H groups in total. The Morgan fingerprint density at radius 3 is 2.71 bits per heavy atom. The maximum atomic E-state index is 14.0. The van der Waals surface area contributed by atoms with Crippen LogP contribution in [0.4, 0.5) is 17.6 Å². The molecule has 1 amide bonds. The van der Waals surface area contributed by atoms with E-state index in [1.165, 1.54) is 12.1 Å². The molecule has 9 heteroatoms. The zero-order valence-electron chi connectivity index (χ0n) is 16.3. The molecule has 1 saturated heterocycles. The molecule has 0 spiro atoms. The number of para-hydroxylation sites is 2. The maximum absolute atomic E-state index is 14.0. The van der Waals surface area contributed by atoms with Gasteiger partial charge in [-0.25, -0.2) is 4.39 Å². The minimum absolute atomic E-state index is 0.00563. The van der Waals surface area contributed by atoms with Gasteiger partial charge >= 0.3 is 6.18 Å². The number of amides is 1. The predicted octanol–water partition coefficient (Wildman–Crippen LogP) is 4.47. The summed E-state index contributed by atoms with van der Waals surface area (Å²) in [5.41, 5.74) is 1.21. The molecular weight excluding hydrogens is 416 g/mol. The number of fused-ring (bicyclic) bond motifs is 1. The number of rotatable bonds is 5. The summed E-state index contributed by atoms with van der Waals surface area (Å²) in [5, 5.41) is 6.25. The minimum atomic E-state index is -4.47. The van der Waals surface area contributed by atoms with E-state index in [2.05, 4.69) is 10.6 Å². The largest absolute Gasteiger partial charge is 0.483 e. The monoisotopic (exact) mass is 436 g/mol. The Bertz CT molecular complexity index is 1080. The van der Waals surface area contributed by atoms with Crippen LogP contribution in [0.3, 0.4) is 0 Å². The van der Waals surface area contributed by atoms with Crippen LogP contribution in [0.1, 0.15) is 17.0 Å². The average Bonchev–Trinajstić information content (AvgIpc) is 3.18. The number of furan rings is 1. The van der Waals surface area contributed by atoms with Crippen LogP contribution in [0.25, 0.3) is 22.1 Å². The molecule has 5 nitrogen and oxygen atoms in total. The summed E-state index contributed by atoms with van der Waals surface area (Å²) in [4.78, 5) is 12.6. The third-order valence-electron chi connectivity index (χ3n) is 5.05. The second kappa shape index (κ2) is 8.58. The Morgan fingerprint density at radius 1 is 1.16 bits per heavy atom. The number of nitrogens with one attached hydrogen (secondary N) is 2. The SMILES string of the molecule is O=C(NC1CNCCC1F)c1cc2cccc(-c3ccccc3OCC(F)(F)F)c2o1. The van der Waals surface area contributed by atoms with Gasteiger partial charge in [0, 0.05) is 23.1 Å². The number of carbonyl (C=O) groups excluding carboxylic acids is 1. The maximum Gasteiger partial charge on any atom is 0.422 e. The quantitative estimate of drug-likeness (QED) is 0.580. The Labute approximate surface area is 175 Å². The molecule has 0 bridgehead atoms. The Kier molecular flexibility index (Phi) is 5.86. The van der Waals surface area contributed by atoms with Crippen LogP contribution >= 0.6 is 0 Å². The molecule has 0 radical (unpaired) electrons. The van der Waals surface area contributed by atoms with Crippen LogP contribution in [0, 0.1) is 0 Å². The van der Waals surface area contributed by atoms with Gasteiger partial charge in [0.1, 0.15) is 17.5 Å². The van der Waals surface area contributed by atoms with E-state index in [4.69, 9.17) is 9.15 Å². The fourth-order valence-electron chi connectivity index (χ4n) is 3.57. The van der Waals surface area contributed by atoms with Crippen LogP contribution in [0.5, 0.6) is 5.75 Å². The first kappa shape index (κ1) is 21.2. The molecule has 0 saturated carbocycles. The van der Waals surface area contributed by atoms with Crippen molar-refractivity contribution < 1.29 is 31.5 Å². The number of benzene rings is 2. The molecule has 1 aliphatic heterocycles. The summed E-state index contributed by atoms with van der Waals surface area (Å²) >= 11 is 0. The number of alkyl halides is 4. The van der Waals surface area contributed by atoms with Gasteiger partial charge in [0.05, 0.1) is 6.04 Å². The zero-order chi connectivity index (χ0) is 22.0. The molecule has 31 heavy (non-hydrogen) atoms. The Hall–Kier alpha value is -3.07. The molecule has 1 fully saturated rings. The van der Waals surface area contributed by atoms with E-state index in [0.29, 0.717) is 41.6 Å². The first-order valence-corrected chi connectivity index (χ1v) is 9.79. The standard InChI is InChI=1S/C22H20F4N2O3/c23-16-8-9-27-11-17(16)28-21(29)19-10-13-4-3-6-15(20(13)31-19)14-5-1-2-7-18(14)30-12-22(24,25)26/h1-7,10,16-17,27H,8-9,11-12H2,(H,28,29). The molecule has 2 atom stereocenters. The van der Waals surface area contributed by atoms with Crippen molar-refractivity contribution in [2.24, 2.45) is 0 Å².